The summed E-state index contributed by atoms with van der Waals surface area (Å²) in [6.07, 6.45) is 1.71. The van der Waals surface area contributed by atoms with E-state index in [1.807, 2.05) is 12.1 Å². The van der Waals surface area contributed by atoms with Gasteiger partial charge in [0.05, 0.1) is 12.5 Å². The zero-order chi connectivity index (χ0) is 14.3. The van der Waals surface area contributed by atoms with E-state index >= 15 is 0 Å². The summed E-state index contributed by atoms with van der Waals surface area (Å²) in [6.45, 7) is 6.41. The predicted octanol–water partition coefficient (Wildman–Crippen LogP) is 2.01. The number of hydrogen-bond acceptors (Lipinski definition) is 3. The van der Waals surface area contributed by atoms with Gasteiger partial charge in [0.15, 0.2) is 0 Å². The molecule has 0 atom stereocenters. The van der Waals surface area contributed by atoms with Gasteiger partial charge in [0, 0.05) is 0 Å². The Labute approximate surface area is 114 Å². The molecule has 104 valence electrons. The fourth-order valence-electron chi connectivity index (χ4n) is 2.50. The lowest BCUT2D eigenvalue weighted by Crippen LogP contribution is -2.39. The highest BCUT2D eigenvalue weighted by atomic mass is 16.5. The van der Waals surface area contributed by atoms with Crippen LogP contribution in [0.3, 0.4) is 0 Å². The molecule has 1 aromatic carbocycles. The highest BCUT2D eigenvalue weighted by molar-refractivity contribution is 5.91. The molecule has 0 heterocycles. The Balaban J connectivity index is 2.48. The van der Waals surface area contributed by atoms with Crippen molar-refractivity contribution in [2.75, 3.05) is 7.11 Å². The third kappa shape index (κ3) is 2.32. The molecular formula is C15H22N2O2. The zero-order valence-corrected chi connectivity index (χ0v) is 12.0. The quantitative estimate of drug-likeness (QED) is 0.497. The number of hydrazine groups is 1. The Morgan fingerprint density at radius 1 is 1.37 bits per heavy atom. The smallest absolute Gasteiger partial charge is 0.244 e. The van der Waals surface area contributed by atoms with Crippen molar-refractivity contribution in [3.05, 3.63) is 29.3 Å². The van der Waals surface area contributed by atoms with Crippen molar-refractivity contribution in [3.8, 4) is 5.75 Å². The van der Waals surface area contributed by atoms with Crippen LogP contribution in [0.15, 0.2) is 18.2 Å². The van der Waals surface area contributed by atoms with E-state index in [2.05, 4.69) is 32.3 Å². The first-order valence-electron chi connectivity index (χ1n) is 6.55. The van der Waals surface area contributed by atoms with Crippen LogP contribution in [0, 0.1) is 0 Å². The molecule has 0 aromatic heterocycles. The van der Waals surface area contributed by atoms with Crippen LogP contribution in [-0.4, -0.2) is 13.0 Å². The third-order valence-electron chi connectivity index (χ3n) is 3.88. The van der Waals surface area contributed by atoms with E-state index in [9.17, 15) is 4.79 Å². The molecule has 1 amide bonds. The van der Waals surface area contributed by atoms with Crippen molar-refractivity contribution in [1.29, 1.82) is 0 Å². The van der Waals surface area contributed by atoms with E-state index in [1.54, 1.807) is 7.11 Å². The molecule has 0 bridgehead atoms. The van der Waals surface area contributed by atoms with Gasteiger partial charge >= 0.3 is 0 Å². The maximum atomic E-state index is 11.9. The minimum absolute atomic E-state index is 0.0311. The Kier molecular flexibility index (Phi) is 3.31. The van der Waals surface area contributed by atoms with Crippen LogP contribution in [0.4, 0.5) is 0 Å². The first-order valence-corrected chi connectivity index (χ1v) is 6.55. The number of methoxy groups -OCH3 is 1. The van der Waals surface area contributed by atoms with Crippen LogP contribution in [-0.2, 0) is 15.6 Å². The van der Waals surface area contributed by atoms with Gasteiger partial charge in [-0.2, -0.15) is 0 Å². The standard InChI is InChI=1S/C15H22N2O2/c1-14(2,3)11-9-10(5-6-12(11)19-4)15(7-8-15)13(18)17-16/h5-6,9H,7-8,16H2,1-4H3,(H,17,18). The van der Waals surface area contributed by atoms with Gasteiger partial charge in [-0.25, -0.2) is 5.84 Å². The molecule has 0 radical (unpaired) electrons. The zero-order valence-electron chi connectivity index (χ0n) is 12.0. The lowest BCUT2D eigenvalue weighted by Gasteiger charge is -2.24. The second kappa shape index (κ2) is 4.53. The van der Waals surface area contributed by atoms with Crippen LogP contribution >= 0.6 is 0 Å². The third-order valence-corrected chi connectivity index (χ3v) is 3.88. The fourth-order valence-corrected chi connectivity index (χ4v) is 2.50. The molecule has 1 aliphatic rings. The molecule has 3 N–H and O–H groups in total. The van der Waals surface area contributed by atoms with Gasteiger partial charge in [0.2, 0.25) is 5.91 Å². The number of benzene rings is 1. The Hall–Kier alpha value is -1.55. The molecule has 0 spiro atoms. The van der Waals surface area contributed by atoms with Crippen molar-refractivity contribution >= 4 is 5.91 Å². The number of carbonyl (C=O) groups excluding carboxylic acids is 1. The molecule has 1 saturated carbocycles. The summed E-state index contributed by atoms with van der Waals surface area (Å²) < 4.78 is 5.42. The van der Waals surface area contributed by atoms with Crippen molar-refractivity contribution in [2.45, 2.75) is 44.4 Å². The molecule has 2 rings (SSSR count). The largest absolute Gasteiger partial charge is 0.496 e. The summed E-state index contributed by atoms with van der Waals surface area (Å²) in [5, 5.41) is 0. The minimum atomic E-state index is -0.430. The average Bonchev–Trinajstić information content (AvgIpc) is 3.17. The first-order chi connectivity index (χ1) is 8.85. The van der Waals surface area contributed by atoms with Crippen molar-refractivity contribution < 1.29 is 9.53 Å². The van der Waals surface area contributed by atoms with Gasteiger partial charge in [-0.3, -0.25) is 10.2 Å². The normalized spacial score (nSPS) is 16.9. The molecule has 1 aliphatic carbocycles. The SMILES string of the molecule is COc1ccc(C2(C(=O)NN)CC2)cc1C(C)(C)C. The summed E-state index contributed by atoms with van der Waals surface area (Å²) in [6, 6.07) is 6.00. The maximum absolute atomic E-state index is 11.9. The van der Waals surface area contributed by atoms with Crippen LogP contribution < -0.4 is 16.0 Å². The van der Waals surface area contributed by atoms with Crippen LogP contribution in [0.1, 0.15) is 44.7 Å². The average molecular weight is 262 g/mol. The van der Waals surface area contributed by atoms with E-state index in [0.717, 1.165) is 29.7 Å². The topological polar surface area (TPSA) is 64.3 Å². The Morgan fingerprint density at radius 3 is 2.42 bits per heavy atom. The molecule has 0 saturated heterocycles. The number of amides is 1. The van der Waals surface area contributed by atoms with Crippen LogP contribution in [0.5, 0.6) is 5.75 Å². The number of carbonyl (C=O) groups is 1. The minimum Gasteiger partial charge on any atom is -0.496 e. The van der Waals surface area contributed by atoms with Gasteiger partial charge in [0.25, 0.3) is 0 Å². The van der Waals surface area contributed by atoms with Gasteiger partial charge in [-0.05, 0) is 35.4 Å². The number of nitrogens with one attached hydrogen (secondary N) is 1. The second-order valence-electron chi connectivity index (χ2n) is 6.22. The van der Waals surface area contributed by atoms with Gasteiger partial charge in [-0.15, -0.1) is 0 Å². The van der Waals surface area contributed by atoms with Crippen molar-refractivity contribution in [3.63, 3.8) is 0 Å². The molecule has 0 unspecified atom stereocenters. The van der Waals surface area contributed by atoms with E-state index in [1.165, 1.54) is 0 Å². The second-order valence-corrected chi connectivity index (χ2v) is 6.22. The Morgan fingerprint density at radius 2 is 2.00 bits per heavy atom. The van der Waals surface area contributed by atoms with E-state index in [0.29, 0.717) is 0 Å². The number of nitrogens with two attached hydrogens (primary N) is 1. The number of hydrogen-bond donors (Lipinski definition) is 2. The van der Waals surface area contributed by atoms with E-state index in [4.69, 9.17) is 10.6 Å². The summed E-state index contributed by atoms with van der Waals surface area (Å²) in [5.41, 5.74) is 3.97. The molecule has 4 nitrogen and oxygen atoms in total. The summed E-state index contributed by atoms with van der Waals surface area (Å²) in [4.78, 5) is 11.9. The van der Waals surface area contributed by atoms with Gasteiger partial charge in [0.1, 0.15) is 5.75 Å². The maximum Gasteiger partial charge on any atom is 0.244 e. The monoisotopic (exact) mass is 262 g/mol. The molecule has 19 heavy (non-hydrogen) atoms. The molecular weight excluding hydrogens is 240 g/mol. The Bertz CT molecular complexity index is 499. The van der Waals surface area contributed by atoms with E-state index < -0.39 is 5.41 Å². The molecule has 0 aliphatic heterocycles. The summed E-state index contributed by atoms with van der Waals surface area (Å²) in [5.74, 6) is 6.05. The lowest BCUT2D eigenvalue weighted by atomic mass is 9.83. The molecule has 1 fully saturated rings. The van der Waals surface area contributed by atoms with E-state index in [-0.39, 0.29) is 11.3 Å². The van der Waals surface area contributed by atoms with Crippen molar-refractivity contribution in [1.82, 2.24) is 5.43 Å². The summed E-state index contributed by atoms with van der Waals surface area (Å²) in [7, 11) is 1.67. The first kappa shape index (κ1) is 13.9. The highest BCUT2D eigenvalue weighted by Gasteiger charge is 2.51. The summed E-state index contributed by atoms with van der Waals surface area (Å²) >= 11 is 0. The number of rotatable bonds is 3. The highest BCUT2D eigenvalue weighted by Crippen LogP contribution is 2.49. The van der Waals surface area contributed by atoms with Crippen molar-refractivity contribution in [2.24, 2.45) is 5.84 Å². The van der Waals surface area contributed by atoms with Gasteiger partial charge < -0.3 is 4.74 Å². The number of ether oxygens (including phenoxy) is 1. The van der Waals surface area contributed by atoms with Crippen LogP contribution in [0.2, 0.25) is 0 Å². The lowest BCUT2D eigenvalue weighted by molar-refractivity contribution is -0.123. The van der Waals surface area contributed by atoms with Crippen LogP contribution in [0.25, 0.3) is 0 Å². The molecule has 1 aromatic rings. The molecule has 4 heteroatoms. The van der Waals surface area contributed by atoms with Gasteiger partial charge in [-0.1, -0.05) is 32.9 Å². The fraction of sp³-hybridized carbons (Fsp3) is 0.533. The predicted molar refractivity (Wildman–Crippen MR) is 74.9 cm³/mol.